The minimum Gasteiger partial charge on any atom is -0.497 e. The molecule has 1 aliphatic heterocycles. The fraction of sp³-hybridized carbons (Fsp3) is 0.381. The highest BCUT2D eigenvalue weighted by atomic mass is 19.4. The number of methoxy groups -OCH3 is 1. The molecule has 0 radical (unpaired) electrons. The number of halogens is 3. The van der Waals surface area contributed by atoms with Gasteiger partial charge < -0.3 is 15.0 Å². The number of fused-ring (bicyclic) bond motifs is 1. The molecule has 2 aromatic rings. The van der Waals surface area contributed by atoms with Crippen molar-refractivity contribution in [2.75, 3.05) is 33.1 Å². The van der Waals surface area contributed by atoms with Gasteiger partial charge in [-0.15, -0.1) is 0 Å². The highest BCUT2D eigenvalue weighted by molar-refractivity contribution is 5.95. The number of ether oxygens (including phenoxy) is 1. The largest absolute Gasteiger partial charge is 0.497 e. The first kappa shape index (κ1) is 20.2. The van der Waals surface area contributed by atoms with Gasteiger partial charge in [0, 0.05) is 18.2 Å². The van der Waals surface area contributed by atoms with Crippen LogP contribution in [0.2, 0.25) is 0 Å². The Balaban J connectivity index is 2.05. The smallest absolute Gasteiger partial charge is 0.416 e. The predicted molar refractivity (Wildman–Crippen MR) is 102 cm³/mol. The third kappa shape index (κ3) is 4.30. The molecule has 0 bridgehead atoms. The van der Waals surface area contributed by atoms with E-state index < -0.39 is 17.7 Å². The maximum absolute atomic E-state index is 13.2. The number of nitrogens with zero attached hydrogens (tertiary/aromatic N) is 1. The number of amides is 1. The van der Waals surface area contributed by atoms with Crippen molar-refractivity contribution in [1.29, 1.82) is 0 Å². The van der Waals surface area contributed by atoms with E-state index in [1.165, 1.54) is 6.07 Å². The molecule has 0 spiro atoms. The highest BCUT2D eigenvalue weighted by Gasteiger charge is 2.36. The molecule has 150 valence electrons. The Morgan fingerprint density at radius 1 is 1.14 bits per heavy atom. The topological polar surface area (TPSA) is 41.6 Å². The van der Waals surface area contributed by atoms with Crippen molar-refractivity contribution in [1.82, 2.24) is 4.90 Å². The molecule has 3 rings (SSSR count). The number of hydrogen-bond donors (Lipinski definition) is 1. The van der Waals surface area contributed by atoms with E-state index in [4.69, 9.17) is 4.74 Å². The van der Waals surface area contributed by atoms with Crippen LogP contribution >= 0.6 is 0 Å². The fourth-order valence-electron chi connectivity index (χ4n) is 3.65. The molecule has 0 saturated heterocycles. The van der Waals surface area contributed by atoms with Gasteiger partial charge in [0.05, 0.1) is 18.6 Å². The molecule has 28 heavy (non-hydrogen) atoms. The van der Waals surface area contributed by atoms with E-state index in [1.807, 2.05) is 31.1 Å². The zero-order valence-corrected chi connectivity index (χ0v) is 16.0. The number of nitrogens with one attached hydrogen (secondary N) is 1. The van der Waals surface area contributed by atoms with Crippen LogP contribution in [-0.4, -0.2) is 38.6 Å². The zero-order valence-electron chi connectivity index (χ0n) is 16.0. The van der Waals surface area contributed by atoms with Gasteiger partial charge >= 0.3 is 6.18 Å². The van der Waals surface area contributed by atoms with Crippen LogP contribution in [0.15, 0.2) is 42.5 Å². The van der Waals surface area contributed by atoms with Crippen LogP contribution in [-0.2, 0) is 17.4 Å². The predicted octanol–water partition coefficient (Wildman–Crippen LogP) is 4.17. The van der Waals surface area contributed by atoms with Crippen LogP contribution in [0.5, 0.6) is 5.75 Å². The Bertz CT molecular complexity index is 848. The van der Waals surface area contributed by atoms with Gasteiger partial charge in [-0.25, -0.2) is 0 Å². The summed E-state index contributed by atoms with van der Waals surface area (Å²) in [5.41, 5.74) is 1.12. The molecule has 7 heteroatoms. The van der Waals surface area contributed by atoms with Crippen LogP contribution in [0.4, 0.5) is 18.9 Å². The van der Waals surface area contributed by atoms with Crippen molar-refractivity contribution >= 4 is 11.6 Å². The molecular formula is C21H23F3N2O2. The van der Waals surface area contributed by atoms with Gasteiger partial charge in [0.25, 0.3) is 0 Å². The van der Waals surface area contributed by atoms with Crippen LogP contribution in [0, 0.1) is 5.92 Å². The van der Waals surface area contributed by atoms with Crippen molar-refractivity contribution in [3.8, 4) is 5.75 Å². The number of carbonyl (C=O) groups is 1. The lowest BCUT2D eigenvalue weighted by Crippen LogP contribution is -2.35. The second kappa shape index (κ2) is 7.83. The standard InChI is InChI=1S/C21H23F3N2O2/c1-26(2)12-18-17(13-4-7-16(28-3)8-5-13)11-14-10-15(21(22,23)24)6-9-19(14)25-20(18)27/h4-10,17-18H,11-12H2,1-3H3,(H,25,27)/t17-,18+/m1/s1. The molecule has 1 aliphatic rings. The van der Waals surface area contributed by atoms with Crippen molar-refractivity contribution in [3.63, 3.8) is 0 Å². The van der Waals surface area contributed by atoms with Crippen LogP contribution in [0.3, 0.4) is 0 Å². The van der Waals surface area contributed by atoms with E-state index in [9.17, 15) is 18.0 Å². The average Bonchev–Trinajstić information content (AvgIpc) is 2.77. The lowest BCUT2D eigenvalue weighted by Gasteiger charge is -2.27. The van der Waals surface area contributed by atoms with E-state index in [2.05, 4.69) is 5.32 Å². The Morgan fingerprint density at radius 2 is 1.82 bits per heavy atom. The van der Waals surface area contributed by atoms with E-state index in [0.717, 1.165) is 17.7 Å². The Morgan fingerprint density at radius 3 is 2.39 bits per heavy atom. The quantitative estimate of drug-likeness (QED) is 0.849. The summed E-state index contributed by atoms with van der Waals surface area (Å²) < 4.78 is 44.7. The van der Waals surface area contributed by atoms with Crippen molar-refractivity contribution in [2.45, 2.75) is 18.5 Å². The van der Waals surface area contributed by atoms with Crippen LogP contribution < -0.4 is 10.1 Å². The average molecular weight is 392 g/mol. The summed E-state index contributed by atoms with van der Waals surface area (Å²) in [7, 11) is 5.31. The maximum Gasteiger partial charge on any atom is 0.416 e. The molecule has 0 saturated carbocycles. The fourth-order valence-corrected chi connectivity index (χ4v) is 3.65. The van der Waals surface area contributed by atoms with E-state index in [1.54, 1.807) is 19.2 Å². The second-order valence-electron chi connectivity index (χ2n) is 7.31. The minimum atomic E-state index is -4.43. The summed E-state index contributed by atoms with van der Waals surface area (Å²) in [6.45, 7) is 0.489. The number of hydrogen-bond acceptors (Lipinski definition) is 3. The minimum absolute atomic E-state index is 0.187. The molecule has 4 nitrogen and oxygen atoms in total. The molecule has 0 fully saturated rings. The third-order valence-electron chi connectivity index (χ3n) is 5.06. The molecule has 1 N–H and O–H groups in total. The molecule has 2 aromatic carbocycles. The zero-order chi connectivity index (χ0) is 20.5. The maximum atomic E-state index is 13.2. The molecule has 0 aliphatic carbocycles. The lowest BCUT2D eigenvalue weighted by atomic mass is 9.81. The Kier molecular flexibility index (Phi) is 5.65. The molecule has 1 heterocycles. The van der Waals surface area contributed by atoms with Gasteiger partial charge in [0.15, 0.2) is 0 Å². The highest BCUT2D eigenvalue weighted by Crippen LogP contribution is 2.39. The van der Waals surface area contributed by atoms with E-state index >= 15 is 0 Å². The summed E-state index contributed by atoms with van der Waals surface area (Å²) in [4.78, 5) is 14.8. The summed E-state index contributed by atoms with van der Waals surface area (Å²) in [6.07, 6.45) is -4.09. The summed E-state index contributed by atoms with van der Waals surface area (Å²) in [5.74, 6) is -0.151. The number of carbonyl (C=O) groups excluding carboxylic acids is 1. The van der Waals surface area contributed by atoms with E-state index in [0.29, 0.717) is 30.0 Å². The summed E-state index contributed by atoms with van der Waals surface area (Å²) in [6, 6.07) is 10.9. The lowest BCUT2D eigenvalue weighted by molar-refractivity contribution is -0.137. The van der Waals surface area contributed by atoms with Gasteiger partial charge in [0.1, 0.15) is 5.75 Å². The first-order chi connectivity index (χ1) is 13.2. The molecular weight excluding hydrogens is 369 g/mol. The normalized spacial score (nSPS) is 19.8. The summed E-state index contributed by atoms with van der Waals surface area (Å²) >= 11 is 0. The van der Waals surface area contributed by atoms with Crippen molar-refractivity contribution in [3.05, 3.63) is 59.2 Å². The number of rotatable bonds is 4. The van der Waals surface area contributed by atoms with Gasteiger partial charge in [0.2, 0.25) is 5.91 Å². The Hall–Kier alpha value is -2.54. The van der Waals surface area contributed by atoms with Crippen LogP contribution in [0.25, 0.3) is 0 Å². The summed E-state index contributed by atoms with van der Waals surface area (Å²) in [5, 5.41) is 2.82. The van der Waals surface area contributed by atoms with Crippen LogP contribution in [0.1, 0.15) is 22.6 Å². The van der Waals surface area contributed by atoms with Gasteiger partial charge in [-0.05, 0) is 62.0 Å². The molecule has 1 amide bonds. The monoisotopic (exact) mass is 392 g/mol. The number of anilines is 1. The third-order valence-corrected chi connectivity index (χ3v) is 5.06. The second-order valence-corrected chi connectivity index (χ2v) is 7.31. The first-order valence-electron chi connectivity index (χ1n) is 8.98. The molecule has 2 atom stereocenters. The SMILES string of the molecule is COc1ccc([C@H]2Cc3cc(C(F)(F)F)ccc3NC(=O)[C@H]2CN(C)C)cc1. The van der Waals surface area contributed by atoms with Gasteiger partial charge in [-0.2, -0.15) is 13.2 Å². The molecule has 0 unspecified atom stereocenters. The van der Waals surface area contributed by atoms with E-state index in [-0.39, 0.29) is 11.8 Å². The molecule has 0 aromatic heterocycles. The number of benzene rings is 2. The number of alkyl halides is 3. The first-order valence-corrected chi connectivity index (χ1v) is 8.98. The van der Waals surface area contributed by atoms with Gasteiger partial charge in [-0.3, -0.25) is 4.79 Å². The van der Waals surface area contributed by atoms with Crippen molar-refractivity contribution < 1.29 is 22.7 Å². The Labute approximate surface area is 162 Å². The van der Waals surface area contributed by atoms with Crippen molar-refractivity contribution in [2.24, 2.45) is 5.92 Å². The van der Waals surface area contributed by atoms with Gasteiger partial charge in [-0.1, -0.05) is 12.1 Å².